The molecule has 0 unspecified atom stereocenters. The molecule has 2 nitrogen and oxygen atoms in total. The largest absolute Gasteiger partial charge is 0.465 e. The maximum atomic E-state index is 10.8. The number of hydrogen-bond acceptors (Lipinski definition) is 2. The van der Waals surface area contributed by atoms with E-state index in [-0.39, 0.29) is 13.4 Å². The molecule has 0 saturated carbocycles. The van der Waals surface area contributed by atoms with E-state index in [1.165, 1.54) is 7.11 Å². The van der Waals surface area contributed by atoms with Gasteiger partial charge in [0.25, 0.3) is 0 Å². The van der Waals surface area contributed by atoms with Crippen LogP contribution in [0.5, 0.6) is 0 Å². The average Bonchev–Trinajstić information content (AvgIpc) is 2.21. The number of esters is 1. The standard InChI is InChI=1S/C8H8O2.C2H4.CH4/c1-10-8(9)7-5-3-2-4-6-7;1-2;/h2-6H,1H3;1-2H2;1H4. The van der Waals surface area contributed by atoms with Crippen molar-refractivity contribution >= 4 is 5.97 Å². The number of benzene rings is 1. The molecule has 0 aromatic heterocycles. The van der Waals surface area contributed by atoms with E-state index in [0.29, 0.717) is 5.56 Å². The number of carbonyl (C=O) groups excluding carboxylic acids is 1. The lowest BCUT2D eigenvalue weighted by Crippen LogP contribution is -1.99. The van der Waals surface area contributed by atoms with E-state index in [0.717, 1.165) is 0 Å². The van der Waals surface area contributed by atoms with E-state index in [4.69, 9.17) is 0 Å². The predicted molar refractivity (Wildman–Crippen MR) is 55.8 cm³/mol. The van der Waals surface area contributed by atoms with Gasteiger partial charge in [0.15, 0.2) is 0 Å². The molecule has 13 heavy (non-hydrogen) atoms. The normalized spacial score (nSPS) is 7.15. The molecule has 0 saturated heterocycles. The molecule has 0 spiro atoms. The summed E-state index contributed by atoms with van der Waals surface area (Å²) in [4.78, 5) is 10.8. The highest BCUT2D eigenvalue weighted by Gasteiger charge is 2.00. The molecule has 0 bridgehead atoms. The van der Waals surface area contributed by atoms with Crippen LogP contribution in [0.4, 0.5) is 0 Å². The first-order chi connectivity index (χ1) is 5.84. The second-order valence-electron chi connectivity index (χ2n) is 1.86. The van der Waals surface area contributed by atoms with Crippen LogP contribution in [0, 0.1) is 0 Å². The summed E-state index contributed by atoms with van der Waals surface area (Å²) < 4.78 is 4.50. The molecule has 1 rings (SSSR count). The SMILES string of the molecule is C.C=C.COC(=O)c1ccccc1. The molecule has 0 amide bonds. The van der Waals surface area contributed by atoms with Gasteiger partial charge in [-0.05, 0) is 12.1 Å². The van der Waals surface area contributed by atoms with Crippen LogP contribution in [0.1, 0.15) is 17.8 Å². The Labute approximate surface area is 79.9 Å². The quantitative estimate of drug-likeness (QED) is 0.490. The van der Waals surface area contributed by atoms with Gasteiger partial charge in [0.1, 0.15) is 0 Å². The van der Waals surface area contributed by atoms with Gasteiger partial charge in [-0.1, -0.05) is 25.6 Å². The molecule has 72 valence electrons. The maximum Gasteiger partial charge on any atom is 0.337 e. The zero-order chi connectivity index (χ0) is 9.40. The van der Waals surface area contributed by atoms with Gasteiger partial charge in [0.05, 0.1) is 12.7 Å². The van der Waals surface area contributed by atoms with Gasteiger partial charge in [0.2, 0.25) is 0 Å². The van der Waals surface area contributed by atoms with Gasteiger partial charge >= 0.3 is 5.97 Å². The number of carbonyl (C=O) groups is 1. The lowest BCUT2D eigenvalue weighted by atomic mass is 10.2. The number of methoxy groups -OCH3 is 1. The Kier molecular flexibility index (Phi) is 9.17. The Bertz CT molecular complexity index is 229. The van der Waals surface area contributed by atoms with Crippen LogP contribution in [0.15, 0.2) is 43.5 Å². The first-order valence-corrected chi connectivity index (χ1v) is 3.48. The van der Waals surface area contributed by atoms with Crippen molar-refractivity contribution in [2.24, 2.45) is 0 Å². The highest BCUT2D eigenvalue weighted by atomic mass is 16.5. The summed E-state index contributed by atoms with van der Waals surface area (Å²) >= 11 is 0. The third-order valence-electron chi connectivity index (χ3n) is 1.19. The van der Waals surface area contributed by atoms with Crippen LogP contribution < -0.4 is 0 Å². The number of ether oxygens (including phenoxy) is 1. The predicted octanol–water partition coefficient (Wildman–Crippen LogP) is 2.91. The molecule has 0 radical (unpaired) electrons. The van der Waals surface area contributed by atoms with E-state index >= 15 is 0 Å². The fourth-order valence-corrected chi connectivity index (χ4v) is 0.692. The number of rotatable bonds is 1. The summed E-state index contributed by atoms with van der Waals surface area (Å²) in [6.07, 6.45) is 0. The topological polar surface area (TPSA) is 26.3 Å². The van der Waals surface area contributed by atoms with Crippen molar-refractivity contribution in [3.8, 4) is 0 Å². The molecule has 1 aromatic rings. The summed E-state index contributed by atoms with van der Waals surface area (Å²) in [6, 6.07) is 8.88. The van der Waals surface area contributed by atoms with Crippen molar-refractivity contribution in [3.05, 3.63) is 49.1 Å². The van der Waals surface area contributed by atoms with Crippen LogP contribution in [-0.4, -0.2) is 13.1 Å². The Balaban J connectivity index is 0. The molecule has 0 aliphatic carbocycles. The van der Waals surface area contributed by atoms with Crippen molar-refractivity contribution in [2.45, 2.75) is 7.43 Å². The lowest BCUT2D eigenvalue weighted by molar-refractivity contribution is 0.0601. The lowest BCUT2D eigenvalue weighted by Gasteiger charge is -1.95. The van der Waals surface area contributed by atoms with Crippen LogP contribution in [0.25, 0.3) is 0 Å². The van der Waals surface area contributed by atoms with E-state index in [1.54, 1.807) is 24.3 Å². The van der Waals surface area contributed by atoms with Gasteiger partial charge < -0.3 is 4.74 Å². The van der Waals surface area contributed by atoms with E-state index in [9.17, 15) is 4.79 Å². The molecular weight excluding hydrogens is 164 g/mol. The van der Waals surface area contributed by atoms with Crippen LogP contribution >= 0.6 is 0 Å². The number of hydrogen-bond donors (Lipinski definition) is 0. The van der Waals surface area contributed by atoms with Gasteiger partial charge in [-0.25, -0.2) is 4.79 Å². The fourth-order valence-electron chi connectivity index (χ4n) is 0.692. The molecule has 0 fully saturated rings. The molecule has 0 heterocycles. The minimum Gasteiger partial charge on any atom is -0.465 e. The maximum absolute atomic E-state index is 10.8. The molecule has 0 aliphatic heterocycles. The monoisotopic (exact) mass is 180 g/mol. The second-order valence-corrected chi connectivity index (χ2v) is 1.86. The van der Waals surface area contributed by atoms with Crippen molar-refractivity contribution in [1.82, 2.24) is 0 Å². The average molecular weight is 180 g/mol. The van der Waals surface area contributed by atoms with Crippen molar-refractivity contribution in [3.63, 3.8) is 0 Å². The van der Waals surface area contributed by atoms with E-state index in [2.05, 4.69) is 17.9 Å². The minimum absolute atomic E-state index is 0. The Morgan fingerprint density at radius 2 is 1.69 bits per heavy atom. The highest BCUT2D eigenvalue weighted by Crippen LogP contribution is 1.98. The minimum atomic E-state index is -0.291. The summed E-state index contributed by atoms with van der Waals surface area (Å²) in [5.74, 6) is -0.291. The Morgan fingerprint density at radius 3 is 2.08 bits per heavy atom. The Morgan fingerprint density at radius 1 is 1.23 bits per heavy atom. The third-order valence-corrected chi connectivity index (χ3v) is 1.19. The van der Waals surface area contributed by atoms with Crippen LogP contribution in [0.3, 0.4) is 0 Å². The third kappa shape index (κ3) is 4.80. The van der Waals surface area contributed by atoms with Gasteiger partial charge in [0, 0.05) is 0 Å². The van der Waals surface area contributed by atoms with Gasteiger partial charge in [-0.3, -0.25) is 0 Å². The van der Waals surface area contributed by atoms with Crippen LogP contribution in [0.2, 0.25) is 0 Å². The molecule has 0 N–H and O–H groups in total. The molecule has 0 aliphatic rings. The molecular formula is C11H16O2. The second kappa shape index (κ2) is 8.53. The van der Waals surface area contributed by atoms with Crippen LogP contribution in [-0.2, 0) is 4.74 Å². The summed E-state index contributed by atoms with van der Waals surface area (Å²) in [6.45, 7) is 6.00. The first kappa shape index (κ1) is 14.0. The van der Waals surface area contributed by atoms with Gasteiger partial charge in [-0.15, -0.1) is 13.2 Å². The Hall–Kier alpha value is -1.57. The van der Waals surface area contributed by atoms with Crippen molar-refractivity contribution < 1.29 is 9.53 Å². The highest BCUT2D eigenvalue weighted by molar-refractivity contribution is 5.89. The summed E-state index contributed by atoms with van der Waals surface area (Å²) in [5.41, 5.74) is 0.588. The zero-order valence-electron chi connectivity index (χ0n) is 7.12. The fraction of sp³-hybridized carbons (Fsp3) is 0.182. The molecule has 1 aromatic carbocycles. The van der Waals surface area contributed by atoms with E-state index < -0.39 is 0 Å². The summed E-state index contributed by atoms with van der Waals surface area (Å²) in [5, 5.41) is 0. The molecule has 2 heteroatoms. The van der Waals surface area contributed by atoms with E-state index in [1.807, 2.05) is 6.07 Å². The summed E-state index contributed by atoms with van der Waals surface area (Å²) in [7, 11) is 1.37. The molecule has 0 atom stereocenters. The first-order valence-electron chi connectivity index (χ1n) is 3.48. The zero-order valence-corrected chi connectivity index (χ0v) is 7.12. The van der Waals surface area contributed by atoms with Gasteiger partial charge in [-0.2, -0.15) is 0 Å². The smallest absolute Gasteiger partial charge is 0.337 e. The van der Waals surface area contributed by atoms with Crippen molar-refractivity contribution in [2.75, 3.05) is 7.11 Å². The van der Waals surface area contributed by atoms with Crippen molar-refractivity contribution in [1.29, 1.82) is 0 Å².